The van der Waals surface area contributed by atoms with Gasteiger partial charge >= 0.3 is 0 Å². The standard InChI is InChI=1S/C11H11N5O2S/c1-2-9-14-7-11(15-9)19(17,18)16-10-4-3-8(5-12)6-13-10/h3-4,6-7H,2H2,1H3,(H,13,16)(H,14,15). The van der Waals surface area contributed by atoms with E-state index in [9.17, 15) is 8.42 Å². The van der Waals surface area contributed by atoms with E-state index in [-0.39, 0.29) is 10.8 Å². The van der Waals surface area contributed by atoms with Crippen LogP contribution in [0.15, 0.2) is 29.6 Å². The molecule has 0 aromatic carbocycles. The molecule has 7 nitrogen and oxygen atoms in total. The number of aryl methyl sites for hydroxylation is 1. The second-order valence-corrected chi connectivity index (χ2v) is 5.35. The first kappa shape index (κ1) is 13.0. The van der Waals surface area contributed by atoms with E-state index < -0.39 is 10.0 Å². The maximum atomic E-state index is 12.0. The minimum atomic E-state index is -3.74. The minimum Gasteiger partial charge on any atom is -0.332 e. The molecule has 0 aliphatic heterocycles. The fraction of sp³-hybridized carbons (Fsp3) is 0.182. The molecule has 0 unspecified atom stereocenters. The van der Waals surface area contributed by atoms with Crippen LogP contribution in [0.4, 0.5) is 5.82 Å². The summed E-state index contributed by atoms with van der Waals surface area (Å²) in [6.07, 6.45) is 3.16. The summed E-state index contributed by atoms with van der Waals surface area (Å²) in [5.74, 6) is 0.736. The van der Waals surface area contributed by atoms with Gasteiger partial charge in [0.15, 0.2) is 5.03 Å². The highest BCUT2D eigenvalue weighted by atomic mass is 32.2. The van der Waals surface area contributed by atoms with Gasteiger partial charge in [-0.2, -0.15) is 13.7 Å². The van der Waals surface area contributed by atoms with E-state index in [4.69, 9.17) is 5.26 Å². The van der Waals surface area contributed by atoms with Gasteiger partial charge in [-0.3, -0.25) is 4.72 Å². The molecule has 98 valence electrons. The van der Waals surface area contributed by atoms with Crippen molar-refractivity contribution in [1.82, 2.24) is 15.0 Å². The quantitative estimate of drug-likeness (QED) is 0.867. The number of hydrogen-bond donors (Lipinski definition) is 2. The number of nitrogens with zero attached hydrogens (tertiary/aromatic N) is 3. The summed E-state index contributed by atoms with van der Waals surface area (Å²) < 4.78 is 26.3. The van der Waals surface area contributed by atoms with Gasteiger partial charge in [-0.15, -0.1) is 0 Å². The van der Waals surface area contributed by atoms with Crippen molar-refractivity contribution in [1.29, 1.82) is 5.26 Å². The Kier molecular flexibility index (Phi) is 3.48. The summed E-state index contributed by atoms with van der Waals surface area (Å²) in [6, 6.07) is 4.81. The Bertz CT molecular complexity index is 712. The van der Waals surface area contributed by atoms with E-state index in [0.717, 1.165) is 0 Å². The predicted molar refractivity (Wildman–Crippen MR) is 67.7 cm³/mol. The van der Waals surface area contributed by atoms with Crippen LogP contribution in [-0.4, -0.2) is 23.4 Å². The minimum absolute atomic E-state index is 0.0180. The third kappa shape index (κ3) is 2.89. The predicted octanol–water partition coefficient (Wildman–Crippen LogP) is 1.04. The second kappa shape index (κ2) is 5.07. The Morgan fingerprint density at radius 2 is 2.16 bits per heavy atom. The molecule has 2 N–H and O–H groups in total. The van der Waals surface area contributed by atoms with Crippen molar-refractivity contribution in [2.45, 2.75) is 18.4 Å². The molecule has 0 amide bonds. The second-order valence-electron chi connectivity index (χ2n) is 3.70. The van der Waals surface area contributed by atoms with Gasteiger partial charge in [-0.1, -0.05) is 6.92 Å². The van der Waals surface area contributed by atoms with Gasteiger partial charge in [0.2, 0.25) is 0 Å². The Hall–Kier alpha value is -2.40. The van der Waals surface area contributed by atoms with Gasteiger partial charge in [0.25, 0.3) is 10.0 Å². The van der Waals surface area contributed by atoms with Gasteiger partial charge in [0.1, 0.15) is 17.7 Å². The van der Waals surface area contributed by atoms with E-state index in [1.165, 1.54) is 24.5 Å². The number of sulfonamides is 1. The van der Waals surface area contributed by atoms with Crippen molar-refractivity contribution in [2.24, 2.45) is 0 Å². The molecule has 0 bridgehead atoms. The van der Waals surface area contributed by atoms with Crippen LogP contribution in [0.25, 0.3) is 0 Å². The van der Waals surface area contributed by atoms with E-state index in [2.05, 4.69) is 19.7 Å². The number of imidazole rings is 1. The van der Waals surface area contributed by atoms with Crippen LogP contribution in [0, 0.1) is 11.3 Å². The van der Waals surface area contributed by atoms with E-state index >= 15 is 0 Å². The van der Waals surface area contributed by atoms with Crippen LogP contribution in [0.3, 0.4) is 0 Å². The third-order valence-corrected chi connectivity index (χ3v) is 3.63. The number of H-pyrrole nitrogens is 1. The van der Waals surface area contributed by atoms with Crippen molar-refractivity contribution in [3.8, 4) is 6.07 Å². The van der Waals surface area contributed by atoms with Gasteiger partial charge < -0.3 is 4.98 Å². The van der Waals surface area contributed by atoms with Crippen molar-refractivity contribution < 1.29 is 8.42 Å². The molecule has 0 aliphatic carbocycles. The molecular weight excluding hydrogens is 266 g/mol. The summed E-state index contributed by atoms with van der Waals surface area (Å²) in [5.41, 5.74) is 0.359. The molecule has 0 radical (unpaired) electrons. The zero-order valence-electron chi connectivity index (χ0n) is 10.1. The van der Waals surface area contributed by atoms with Gasteiger partial charge in [0.05, 0.1) is 11.8 Å². The smallest absolute Gasteiger partial charge is 0.280 e. The molecule has 0 aliphatic rings. The third-order valence-electron chi connectivity index (χ3n) is 2.36. The first-order valence-corrected chi connectivity index (χ1v) is 6.96. The fourth-order valence-corrected chi connectivity index (χ4v) is 2.32. The summed E-state index contributed by atoms with van der Waals surface area (Å²) in [4.78, 5) is 10.5. The summed E-state index contributed by atoms with van der Waals surface area (Å²) in [7, 11) is -3.74. The Morgan fingerprint density at radius 3 is 2.68 bits per heavy atom. The number of anilines is 1. The molecule has 2 aromatic heterocycles. The molecular formula is C11H11N5O2S. The van der Waals surface area contributed by atoms with Crippen LogP contribution in [0.5, 0.6) is 0 Å². The van der Waals surface area contributed by atoms with Crippen molar-refractivity contribution >= 4 is 15.8 Å². The average Bonchev–Trinajstić information content (AvgIpc) is 2.89. The largest absolute Gasteiger partial charge is 0.332 e. The number of pyridine rings is 1. The molecule has 0 saturated heterocycles. The van der Waals surface area contributed by atoms with Gasteiger partial charge in [0, 0.05) is 12.6 Å². The highest BCUT2D eigenvalue weighted by Crippen LogP contribution is 2.12. The zero-order chi connectivity index (χ0) is 13.9. The lowest BCUT2D eigenvalue weighted by atomic mass is 10.3. The number of aromatic amines is 1. The van der Waals surface area contributed by atoms with Crippen molar-refractivity contribution in [3.63, 3.8) is 0 Å². The van der Waals surface area contributed by atoms with Crippen LogP contribution >= 0.6 is 0 Å². The molecule has 8 heteroatoms. The topological polar surface area (TPSA) is 112 Å². The zero-order valence-corrected chi connectivity index (χ0v) is 10.9. The summed E-state index contributed by atoms with van der Waals surface area (Å²) in [6.45, 7) is 1.87. The van der Waals surface area contributed by atoms with Crippen molar-refractivity contribution in [3.05, 3.63) is 35.9 Å². The number of aromatic nitrogens is 3. The maximum Gasteiger partial charge on any atom is 0.280 e. The number of hydrogen-bond acceptors (Lipinski definition) is 5. The van der Waals surface area contributed by atoms with E-state index in [1.807, 2.05) is 13.0 Å². The first-order chi connectivity index (χ1) is 9.05. The Balaban J connectivity index is 2.23. The van der Waals surface area contributed by atoms with Gasteiger partial charge in [-0.05, 0) is 12.1 Å². The highest BCUT2D eigenvalue weighted by molar-refractivity contribution is 7.92. The molecule has 19 heavy (non-hydrogen) atoms. The maximum absolute atomic E-state index is 12.0. The first-order valence-electron chi connectivity index (χ1n) is 5.48. The molecule has 0 saturated carbocycles. The molecule has 0 spiro atoms. The number of nitriles is 1. The normalized spacial score (nSPS) is 10.9. The number of nitrogens with one attached hydrogen (secondary N) is 2. The Labute approximate surface area is 110 Å². The monoisotopic (exact) mass is 277 g/mol. The van der Waals surface area contributed by atoms with Crippen molar-refractivity contribution in [2.75, 3.05) is 4.72 Å². The lowest BCUT2D eigenvalue weighted by Crippen LogP contribution is -2.14. The summed E-state index contributed by atoms with van der Waals surface area (Å²) >= 11 is 0. The lowest BCUT2D eigenvalue weighted by Gasteiger charge is -2.04. The molecule has 0 atom stereocenters. The molecule has 2 rings (SSSR count). The molecule has 0 fully saturated rings. The van der Waals surface area contributed by atoms with Crippen LogP contribution in [0.2, 0.25) is 0 Å². The lowest BCUT2D eigenvalue weighted by molar-refractivity contribution is 0.597. The highest BCUT2D eigenvalue weighted by Gasteiger charge is 2.17. The van der Waals surface area contributed by atoms with Crippen LogP contribution in [-0.2, 0) is 16.4 Å². The van der Waals surface area contributed by atoms with Crippen LogP contribution in [0.1, 0.15) is 18.3 Å². The van der Waals surface area contributed by atoms with Gasteiger partial charge in [-0.25, -0.2) is 9.97 Å². The fourth-order valence-electron chi connectivity index (χ4n) is 1.37. The average molecular weight is 277 g/mol. The van der Waals surface area contributed by atoms with E-state index in [1.54, 1.807) is 0 Å². The van der Waals surface area contributed by atoms with Crippen LogP contribution < -0.4 is 4.72 Å². The summed E-state index contributed by atoms with van der Waals surface area (Å²) in [5, 5.41) is 8.61. The molecule has 2 heterocycles. The number of rotatable bonds is 4. The SMILES string of the molecule is CCc1ncc(S(=O)(=O)Nc2ccc(C#N)cn2)[nH]1. The molecule has 2 aromatic rings. The Morgan fingerprint density at radius 1 is 1.37 bits per heavy atom. The van der Waals surface area contributed by atoms with E-state index in [0.29, 0.717) is 17.8 Å².